The predicted molar refractivity (Wildman–Crippen MR) is 70.4 cm³/mol. The summed E-state index contributed by atoms with van der Waals surface area (Å²) < 4.78 is 0. The molecule has 1 aliphatic heterocycles. The van der Waals surface area contributed by atoms with Gasteiger partial charge >= 0.3 is 5.97 Å². The van der Waals surface area contributed by atoms with E-state index in [0.29, 0.717) is 12.3 Å². The van der Waals surface area contributed by atoms with E-state index in [1.54, 1.807) is 0 Å². The van der Waals surface area contributed by atoms with Gasteiger partial charge in [0.25, 0.3) is 0 Å². The zero-order valence-corrected chi connectivity index (χ0v) is 11.2. The Morgan fingerprint density at radius 1 is 1.11 bits per heavy atom. The quantitative estimate of drug-likeness (QED) is 0.835. The third-order valence-corrected chi connectivity index (χ3v) is 5.55. The zero-order chi connectivity index (χ0) is 12.5. The molecule has 0 amide bonds. The molecule has 2 aliphatic carbocycles. The first-order chi connectivity index (χ1) is 8.70. The topological polar surface area (TPSA) is 40.5 Å². The van der Waals surface area contributed by atoms with Crippen molar-refractivity contribution in [2.75, 3.05) is 19.6 Å². The molecular formula is C15H25NO2. The van der Waals surface area contributed by atoms with Crippen molar-refractivity contribution in [3.63, 3.8) is 0 Å². The number of carbonyl (C=O) groups is 1. The van der Waals surface area contributed by atoms with Crippen LogP contribution in [0.5, 0.6) is 0 Å². The molecule has 3 atom stereocenters. The molecule has 3 unspecified atom stereocenters. The summed E-state index contributed by atoms with van der Waals surface area (Å²) >= 11 is 0. The molecule has 0 spiro atoms. The van der Waals surface area contributed by atoms with Crippen LogP contribution in [-0.2, 0) is 4.79 Å². The van der Waals surface area contributed by atoms with Crippen LogP contribution in [0, 0.1) is 23.7 Å². The second kappa shape index (κ2) is 5.20. The Hall–Kier alpha value is -0.570. The normalized spacial score (nSPS) is 37.2. The van der Waals surface area contributed by atoms with E-state index in [1.807, 2.05) is 0 Å². The van der Waals surface area contributed by atoms with E-state index in [-0.39, 0.29) is 0 Å². The smallest absolute Gasteiger partial charge is 0.303 e. The molecule has 3 nitrogen and oxygen atoms in total. The minimum Gasteiger partial charge on any atom is -0.481 e. The third kappa shape index (κ3) is 2.71. The third-order valence-electron chi connectivity index (χ3n) is 5.55. The SMILES string of the molecule is O=C(O)CC1CCN(CC2CC3CCC2C3)CC1. The Kier molecular flexibility index (Phi) is 3.60. The molecule has 102 valence electrons. The maximum Gasteiger partial charge on any atom is 0.303 e. The molecule has 3 fully saturated rings. The molecule has 1 N–H and O–H groups in total. The minimum absolute atomic E-state index is 0.377. The van der Waals surface area contributed by atoms with Gasteiger partial charge in [-0.05, 0) is 68.9 Å². The summed E-state index contributed by atoms with van der Waals surface area (Å²) in [4.78, 5) is 13.3. The number of aliphatic carboxylic acids is 1. The van der Waals surface area contributed by atoms with Gasteiger partial charge in [0.2, 0.25) is 0 Å². The summed E-state index contributed by atoms with van der Waals surface area (Å²) in [5, 5.41) is 8.82. The van der Waals surface area contributed by atoms with E-state index in [0.717, 1.165) is 43.7 Å². The highest BCUT2D eigenvalue weighted by atomic mass is 16.4. The molecule has 0 aromatic rings. The van der Waals surface area contributed by atoms with Gasteiger partial charge in [-0.3, -0.25) is 4.79 Å². The van der Waals surface area contributed by atoms with Crippen LogP contribution in [0.1, 0.15) is 44.9 Å². The molecule has 3 aliphatic rings. The van der Waals surface area contributed by atoms with E-state index in [1.165, 1.54) is 32.2 Å². The fourth-order valence-corrected chi connectivity index (χ4v) is 4.55. The highest BCUT2D eigenvalue weighted by molar-refractivity contribution is 5.67. The Balaban J connectivity index is 1.42. The minimum atomic E-state index is -0.624. The van der Waals surface area contributed by atoms with Crippen LogP contribution >= 0.6 is 0 Å². The number of carboxylic acids is 1. The molecule has 1 saturated heterocycles. The van der Waals surface area contributed by atoms with Crippen LogP contribution < -0.4 is 0 Å². The van der Waals surface area contributed by atoms with Crippen molar-refractivity contribution in [1.82, 2.24) is 4.90 Å². The molecular weight excluding hydrogens is 226 g/mol. The summed E-state index contributed by atoms with van der Waals surface area (Å²) in [5.74, 6) is 2.83. The van der Waals surface area contributed by atoms with Crippen LogP contribution in [0.2, 0.25) is 0 Å². The van der Waals surface area contributed by atoms with E-state index >= 15 is 0 Å². The van der Waals surface area contributed by atoms with Gasteiger partial charge in [-0.25, -0.2) is 0 Å². The Morgan fingerprint density at radius 3 is 2.44 bits per heavy atom. The monoisotopic (exact) mass is 251 g/mol. The van der Waals surface area contributed by atoms with Gasteiger partial charge < -0.3 is 10.0 Å². The van der Waals surface area contributed by atoms with E-state index in [2.05, 4.69) is 4.90 Å². The molecule has 3 rings (SSSR count). The van der Waals surface area contributed by atoms with E-state index < -0.39 is 5.97 Å². The Labute approximate surface area is 110 Å². The lowest BCUT2D eigenvalue weighted by Crippen LogP contribution is -2.38. The first kappa shape index (κ1) is 12.5. The maximum atomic E-state index is 10.7. The second-order valence-corrected chi connectivity index (χ2v) is 6.78. The summed E-state index contributed by atoms with van der Waals surface area (Å²) in [6.07, 6.45) is 8.49. The van der Waals surface area contributed by atoms with Crippen LogP contribution in [0.25, 0.3) is 0 Å². The fourth-order valence-electron chi connectivity index (χ4n) is 4.55. The first-order valence-electron chi connectivity index (χ1n) is 7.65. The summed E-state index contributed by atoms with van der Waals surface area (Å²) in [6, 6.07) is 0. The number of rotatable bonds is 4. The summed E-state index contributed by atoms with van der Waals surface area (Å²) in [7, 11) is 0. The molecule has 18 heavy (non-hydrogen) atoms. The molecule has 0 aromatic carbocycles. The molecule has 2 bridgehead atoms. The standard InChI is InChI=1S/C15H25NO2/c17-15(18)9-11-3-5-16(6-4-11)10-14-8-12-1-2-13(14)7-12/h11-14H,1-10H2,(H,17,18). The maximum absolute atomic E-state index is 10.7. The van der Waals surface area contributed by atoms with E-state index in [9.17, 15) is 4.79 Å². The summed E-state index contributed by atoms with van der Waals surface area (Å²) in [6.45, 7) is 3.55. The van der Waals surface area contributed by atoms with Crippen LogP contribution in [0.4, 0.5) is 0 Å². The molecule has 3 heteroatoms. The van der Waals surface area contributed by atoms with Crippen LogP contribution in [0.15, 0.2) is 0 Å². The van der Waals surface area contributed by atoms with Crippen molar-refractivity contribution in [2.45, 2.75) is 44.9 Å². The lowest BCUT2D eigenvalue weighted by Gasteiger charge is -2.35. The van der Waals surface area contributed by atoms with Gasteiger partial charge in [-0.2, -0.15) is 0 Å². The second-order valence-electron chi connectivity index (χ2n) is 6.78. The molecule has 2 saturated carbocycles. The molecule has 0 aromatic heterocycles. The number of hydrogen-bond donors (Lipinski definition) is 1. The molecule has 0 radical (unpaired) electrons. The van der Waals surface area contributed by atoms with Gasteiger partial charge in [0.1, 0.15) is 0 Å². The number of likely N-dealkylation sites (tertiary alicyclic amines) is 1. The largest absolute Gasteiger partial charge is 0.481 e. The van der Waals surface area contributed by atoms with Crippen molar-refractivity contribution < 1.29 is 9.90 Å². The molecule has 1 heterocycles. The van der Waals surface area contributed by atoms with Crippen molar-refractivity contribution >= 4 is 5.97 Å². The zero-order valence-electron chi connectivity index (χ0n) is 11.2. The van der Waals surface area contributed by atoms with Gasteiger partial charge in [0.15, 0.2) is 0 Å². The van der Waals surface area contributed by atoms with Crippen LogP contribution in [0.3, 0.4) is 0 Å². The van der Waals surface area contributed by atoms with E-state index in [4.69, 9.17) is 5.11 Å². The highest BCUT2D eigenvalue weighted by Gasteiger charge is 2.40. The number of carboxylic acid groups (broad SMARTS) is 1. The number of nitrogens with zero attached hydrogens (tertiary/aromatic N) is 1. The highest BCUT2D eigenvalue weighted by Crippen LogP contribution is 2.48. The van der Waals surface area contributed by atoms with Crippen LogP contribution in [-0.4, -0.2) is 35.6 Å². The first-order valence-corrected chi connectivity index (χ1v) is 7.65. The predicted octanol–water partition coefficient (Wildman–Crippen LogP) is 2.61. The average Bonchev–Trinajstić information content (AvgIpc) is 2.93. The van der Waals surface area contributed by atoms with Gasteiger partial charge in [-0.1, -0.05) is 6.42 Å². The number of piperidine rings is 1. The Bertz CT molecular complexity index is 310. The van der Waals surface area contributed by atoms with Gasteiger partial charge in [0.05, 0.1) is 0 Å². The number of hydrogen-bond acceptors (Lipinski definition) is 2. The van der Waals surface area contributed by atoms with Crippen molar-refractivity contribution in [3.05, 3.63) is 0 Å². The van der Waals surface area contributed by atoms with Crippen molar-refractivity contribution in [3.8, 4) is 0 Å². The van der Waals surface area contributed by atoms with Crippen molar-refractivity contribution in [2.24, 2.45) is 23.7 Å². The average molecular weight is 251 g/mol. The lowest BCUT2D eigenvalue weighted by molar-refractivity contribution is -0.138. The van der Waals surface area contributed by atoms with Gasteiger partial charge in [-0.15, -0.1) is 0 Å². The lowest BCUT2D eigenvalue weighted by atomic mass is 9.87. The number of fused-ring (bicyclic) bond motifs is 2. The van der Waals surface area contributed by atoms with Crippen molar-refractivity contribution in [1.29, 1.82) is 0 Å². The Morgan fingerprint density at radius 2 is 1.89 bits per heavy atom. The van der Waals surface area contributed by atoms with Gasteiger partial charge in [0, 0.05) is 13.0 Å². The summed E-state index contributed by atoms with van der Waals surface area (Å²) in [5.41, 5.74) is 0. The fraction of sp³-hybridized carbons (Fsp3) is 0.933.